The lowest BCUT2D eigenvalue weighted by Crippen LogP contribution is -2.43. The standard InChI is InChI=1S/C16H23BrN2O/c1-11-5-3-4-6-14(11)18(2)16(20)15-9-12(17)10-19(15)13-7-8-13/h9-11,13-14H,3-8H2,1-2H3. The molecule has 0 saturated heterocycles. The molecule has 0 N–H and O–H groups in total. The monoisotopic (exact) mass is 338 g/mol. The molecule has 1 aromatic heterocycles. The zero-order valence-electron chi connectivity index (χ0n) is 12.3. The van der Waals surface area contributed by atoms with Crippen molar-refractivity contribution in [3.05, 3.63) is 22.4 Å². The Kier molecular flexibility index (Phi) is 3.93. The molecule has 2 fully saturated rings. The molecule has 0 aromatic carbocycles. The Hall–Kier alpha value is -0.770. The van der Waals surface area contributed by atoms with Crippen molar-refractivity contribution in [2.45, 2.75) is 57.5 Å². The predicted octanol–water partition coefficient (Wildman–Crippen LogP) is 4.24. The molecule has 1 heterocycles. The minimum atomic E-state index is 0.182. The molecule has 2 saturated carbocycles. The van der Waals surface area contributed by atoms with Crippen LogP contribution < -0.4 is 0 Å². The van der Waals surface area contributed by atoms with E-state index in [1.165, 1.54) is 32.1 Å². The number of hydrogen-bond acceptors (Lipinski definition) is 1. The molecule has 1 amide bonds. The van der Waals surface area contributed by atoms with Crippen molar-refractivity contribution >= 4 is 21.8 Å². The average Bonchev–Trinajstić information content (AvgIpc) is 3.20. The summed E-state index contributed by atoms with van der Waals surface area (Å²) in [7, 11) is 1.98. The summed E-state index contributed by atoms with van der Waals surface area (Å²) in [5.41, 5.74) is 0.847. The maximum atomic E-state index is 12.8. The van der Waals surface area contributed by atoms with Gasteiger partial charge in [0.2, 0.25) is 0 Å². The second-order valence-electron chi connectivity index (χ2n) is 6.43. The lowest BCUT2D eigenvalue weighted by Gasteiger charge is -2.36. The van der Waals surface area contributed by atoms with Gasteiger partial charge in [-0.05, 0) is 53.6 Å². The number of aromatic nitrogens is 1. The number of carbonyl (C=O) groups excluding carboxylic acids is 1. The third kappa shape index (κ3) is 2.67. The molecular formula is C16H23BrN2O. The van der Waals surface area contributed by atoms with E-state index < -0.39 is 0 Å². The third-order valence-corrected chi connectivity index (χ3v) is 5.29. The predicted molar refractivity (Wildman–Crippen MR) is 83.9 cm³/mol. The molecule has 3 nitrogen and oxygen atoms in total. The van der Waals surface area contributed by atoms with Gasteiger partial charge in [0, 0.05) is 29.8 Å². The van der Waals surface area contributed by atoms with Gasteiger partial charge in [-0.15, -0.1) is 0 Å². The first-order chi connectivity index (χ1) is 9.58. The SMILES string of the molecule is CC1CCCCC1N(C)C(=O)c1cc(Br)cn1C1CC1. The highest BCUT2D eigenvalue weighted by atomic mass is 79.9. The molecule has 4 heteroatoms. The van der Waals surface area contributed by atoms with Gasteiger partial charge in [-0.1, -0.05) is 19.8 Å². The lowest BCUT2D eigenvalue weighted by atomic mass is 9.85. The first-order valence-corrected chi connectivity index (χ1v) is 8.51. The fraction of sp³-hybridized carbons (Fsp3) is 0.688. The summed E-state index contributed by atoms with van der Waals surface area (Å²) < 4.78 is 3.17. The van der Waals surface area contributed by atoms with Gasteiger partial charge in [-0.25, -0.2) is 0 Å². The van der Waals surface area contributed by atoms with Crippen molar-refractivity contribution in [3.63, 3.8) is 0 Å². The zero-order valence-corrected chi connectivity index (χ0v) is 13.9. The molecule has 2 aliphatic rings. The van der Waals surface area contributed by atoms with Crippen LogP contribution in [0.25, 0.3) is 0 Å². The van der Waals surface area contributed by atoms with Gasteiger partial charge in [0.05, 0.1) is 0 Å². The van der Waals surface area contributed by atoms with Gasteiger partial charge < -0.3 is 9.47 Å². The molecule has 0 spiro atoms. The Morgan fingerprint density at radius 1 is 1.30 bits per heavy atom. The quantitative estimate of drug-likeness (QED) is 0.809. The van der Waals surface area contributed by atoms with Crippen LogP contribution in [-0.4, -0.2) is 28.5 Å². The Labute approximate surface area is 129 Å². The summed E-state index contributed by atoms with van der Waals surface area (Å²) in [5.74, 6) is 0.798. The van der Waals surface area contributed by atoms with Crippen molar-refractivity contribution in [3.8, 4) is 0 Å². The van der Waals surface area contributed by atoms with Crippen molar-refractivity contribution in [1.29, 1.82) is 0 Å². The maximum Gasteiger partial charge on any atom is 0.270 e. The van der Waals surface area contributed by atoms with Gasteiger partial charge in [0.15, 0.2) is 0 Å². The van der Waals surface area contributed by atoms with Crippen LogP contribution in [-0.2, 0) is 0 Å². The molecule has 2 aliphatic carbocycles. The molecule has 2 atom stereocenters. The Morgan fingerprint density at radius 3 is 2.65 bits per heavy atom. The minimum absolute atomic E-state index is 0.182. The molecule has 20 heavy (non-hydrogen) atoms. The first kappa shape index (κ1) is 14.2. The largest absolute Gasteiger partial charge is 0.339 e. The minimum Gasteiger partial charge on any atom is -0.339 e. The highest BCUT2D eigenvalue weighted by Crippen LogP contribution is 2.38. The van der Waals surface area contributed by atoms with Crippen LogP contribution in [0.2, 0.25) is 0 Å². The third-order valence-electron chi connectivity index (χ3n) is 4.86. The van der Waals surface area contributed by atoms with Gasteiger partial charge in [-0.2, -0.15) is 0 Å². The number of rotatable bonds is 3. The van der Waals surface area contributed by atoms with Crippen LogP contribution >= 0.6 is 15.9 Å². The Balaban J connectivity index is 1.80. The summed E-state index contributed by atoms with van der Waals surface area (Å²) >= 11 is 3.51. The highest BCUT2D eigenvalue weighted by Gasteiger charge is 2.32. The second-order valence-corrected chi connectivity index (χ2v) is 7.34. The van der Waals surface area contributed by atoms with E-state index in [1.54, 1.807) is 0 Å². The van der Waals surface area contributed by atoms with Crippen LogP contribution in [0.1, 0.15) is 62.0 Å². The summed E-state index contributed by atoms with van der Waals surface area (Å²) in [6.07, 6.45) is 9.41. The average molecular weight is 339 g/mol. The normalized spacial score (nSPS) is 26.6. The van der Waals surface area contributed by atoms with E-state index in [4.69, 9.17) is 0 Å². The number of halogens is 1. The van der Waals surface area contributed by atoms with Crippen molar-refractivity contribution in [2.75, 3.05) is 7.05 Å². The van der Waals surface area contributed by atoms with E-state index in [0.717, 1.165) is 16.6 Å². The fourth-order valence-corrected chi connectivity index (χ4v) is 3.91. The van der Waals surface area contributed by atoms with Crippen molar-refractivity contribution in [2.24, 2.45) is 5.92 Å². The molecule has 0 radical (unpaired) electrons. The van der Waals surface area contributed by atoms with E-state index >= 15 is 0 Å². The Bertz CT molecular complexity index is 507. The van der Waals surface area contributed by atoms with Crippen LogP contribution in [0.4, 0.5) is 0 Å². The maximum absolute atomic E-state index is 12.8. The topological polar surface area (TPSA) is 25.2 Å². The van der Waals surface area contributed by atoms with Crippen molar-refractivity contribution in [1.82, 2.24) is 9.47 Å². The van der Waals surface area contributed by atoms with E-state index in [0.29, 0.717) is 18.0 Å². The fourth-order valence-electron chi connectivity index (χ4n) is 3.48. The van der Waals surface area contributed by atoms with E-state index in [2.05, 4.69) is 33.6 Å². The van der Waals surface area contributed by atoms with Crippen LogP contribution in [0.5, 0.6) is 0 Å². The Morgan fingerprint density at radius 2 is 2.00 bits per heavy atom. The molecule has 1 aromatic rings. The van der Waals surface area contributed by atoms with Gasteiger partial charge in [-0.3, -0.25) is 4.79 Å². The van der Waals surface area contributed by atoms with Gasteiger partial charge >= 0.3 is 0 Å². The smallest absolute Gasteiger partial charge is 0.270 e. The van der Waals surface area contributed by atoms with Gasteiger partial charge in [0.1, 0.15) is 5.69 Å². The second kappa shape index (κ2) is 5.55. The van der Waals surface area contributed by atoms with Crippen LogP contribution in [0.15, 0.2) is 16.7 Å². The van der Waals surface area contributed by atoms with E-state index in [1.807, 2.05) is 18.0 Å². The van der Waals surface area contributed by atoms with E-state index in [-0.39, 0.29) is 5.91 Å². The zero-order chi connectivity index (χ0) is 14.3. The lowest BCUT2D eigenvalue weighted by molar-refractivity contribution is 0.0618. The number of amides is 1. The summed E-state index contributed by atoms with van der Waals surface area (Å²) in [6, 6.07) is 2.92. The van der Waals surface area contributed by atoms with Crippen LogP contribution in [0, 0.1) is 5.92 Å². The van der Waals surface area contributed by atoms with Gasteiger partial charge in [0.25, 0.3) is 5.91 Å². The molecule has 110 valence electrons. The number of hydrogen-bond donors (Lipinski definition) is 0. The molecule has 2 unspecified atom stereocenters. The summed E-state index contributed by atoms with van der Waals surface area (Å²) in [6.45, 7) is 2.28. The summed E-state index contributed by atoms with van der Waals surface area (Å²) in [5, 5.41) is 0. The first-order valence-electron chi connectivity index (χ1n) is 7.72. The highest BCUT2D eigenvalue weighted by molar-refractivity contribution is 9.10. The van der Waals surface area contributed by atoms with Crippen LogP contribution in [0.3, 0.4) is 0 Å². The van der Waals surface area contributed by atoms with Crippen molar-refractivity contribution < 1.29 is 4.79 Å². The number of nitrogens with zero attached hydrogens (tertiary/aromatic N) is 2. The number of carbonyl (C=O) groups is 1. The molecule has 3 rings (SSSR count). The molecule has 0 bridgehead atoms. The summed E-state index contributed by atoms with van der Waals surface area (Å²) in [4.78, 5) is 14.8. The molecular weight excluding hydrogens is 316 g/mol. The van der Waals surface area contributed by atoms with E-state index in [9.17, 15) is 4.79 Å². The molecule has 0 aliphatic heterocycles.